The minimum Gasteiger partial charge on any atom is -0.497 e. The van der Waals surface area contributed by atoms with Crippen LogP contribution in [-0.2, 0) is 29.5 Å². The molecule has 0 fully saturated rings. The lowest BCUT2D eigenvalue weighted by atomic mass is 10.1. The van der Waals surface area contributed by atoms with E-state index >= 15 is 0 Å². The van der Waals surface area contributed by atoms with E-state index in [1.807, 2.05) is 42.5 Å². The standard InChI is InChI=1S/C26H28N2O3S/c1-3-7-22-19-28(26-15-12-23(31-2)16-25(22)26)32(29,30)24-13-10-21(11-14-24)18-27-17-20-8-5-4-6-9-20/h4-6,8-16,19,27H,3,7,17-18H2,1-2H3. The van der Waals surface area contributed by atoms with Crippen LogP contribution >= 0.6 is 0 Å². The van der Waals surface area contributed by atoms with Crippen LogP contribution in [-0.4, -0.2) is 19.5 Å². The van der Waals surface area contributed by atoms with Crippen molar-refractivity contribution in [3.63, 3.8) is 0 Å². The van der Waals surface area contributed by atoms with E-state index in [1.54, 1.807) is 31.5 Å². The van der Waals surface area contributed by atoms with Crippen LogP contribution in [0.1, 0.15) is 30.0 Å². The van der Waals surface area contributed by atoms with Crippen molar-refractivity contribution in [1.29, 1.82) is 0 Å². The zero-order valence-corrected chi connectivity index (χ0v) is 19.2. The van der Waals surface area contributed by atoms with E-state index in [9.17, 15) is 8.42 Å². The fourth-order valence-corrected chi connectivity index (χ4v) is 5.27. The van der Waals surface area contributed by atoms with E-state index in [2.05, 4.69) is 24.4 Å². The maximum absolute atomic E-state index is 13.4. The van der Waals surface area contributed by atoms with Crippen LogP contribution in [0.5, 0.6) is 5.75 Å². The molecule has 1 N–H and O–H groups in total. The number of hydrogen-bond donors (Lipinski definition) is 1. The summed E-state index contributed by atoms with van der Waals surface area (Å²) < 4.78 is 33.6. The third-order valence-electron chi connectivity index (χ3n) is 5.56. The predicted octanol–water partition coefficient (Wildman–Crippen LogP) is 5.13. The maximum Gasteiger partial charge on any atom is 0.268 e. The molecular formula is C26H28N2O3S. The Hall–Kier alpha value is -3.09. The van der Waals surface area contributed by atoms with Crippen molar-refractivity contribution in [1.82, 2.24) is 9.29 Å². The molecule has 1 heterocycles. The number of nitrogens with one attached hydrogen (secondary N) is 1. The average Bonchev–Trinajstić information content (AvgIpc) is 3.19. The quantitative estimate of drug-likeness (QED) is 0.386. The molecule has 1 aromatic heterocycles. The van der Waals surface area contributed by atoms with Gasteiger partial charge in [-0.1, -0.05) is 55.8 Å². The Kier molecular flexibility index (Phi) is 6.63. The Morgan fingerprint density at radius 1 is 0.906 bits per heavy atom. The molecule has 0 saturated carbocycles. The van der Waals surface area contributed by atoms with Crippen molar-refractivity contribution >= 4 is 20.9 Å². The predicted molar refractivity (Wildman–Crippen MR) is 128 cm³/mol. The lowest BCUT2D eigenvalue weighted by molar-refractivity contribution is 0.415. The molecule has 32 heavy (non-hydrogen) atoms. The summed E-state index contributed by atoms with van der Waals surface area (Å²) in [5, 5.41) is 4.31. The van der Waals surface area contributed by atoms with E-state index in [1.165, 1.54) is 9.54 Å². The van der Waals surface area contributed by atoms with Gasteiger partial charge in [0.1, 0.15) is 5.75 Å². The second kappa shape index (κ2) is 9.59. The number of aryl methyl sites for hydroxylation is 1. The van der Waals surface area contributed by atoms with Gasteiger partial charge in [0, 0.05) is 24.7 Å². The van der Waals surface area contributed by atoms with Gasteiger partial charge in [-0.3, -0.25) is 0 Å². The zero-order valence-electron chi connectivity index (χ0n) is 18.4. The number of ether oxygens (including phenoxy) is 1. The van der Waals surface area contributed by atoms with Crippen LogP contribution < -0.4 is 10.1 Å². The molecule has 0 saturated heterocycles. The second-order valence-electron chi connectivity index (χ2n) is 7.82. The van der Waals surface area contributed by atoms with Crippen LogP contribution in [0.4, 0.5) is 0 Å². The Morgan fingerprint density at radius 3 is 2.25 bits per heavy atom. The summed E-state index contributed by atoms with van der Waals surface area (Å²) in [4.78, 5) is 0.278. The molecular weight excluding hydrogens is 420 g/mol. The number of hydrogen-bond acceptors (Lipinski definition) is 4. The number of methoxy groups -OCH3 is 1. The van der Waals surface area contributed by atoms with Gasteiger partial charge in [-0.15, -0.1) is 0 Å². The molecule has 0 aliphatic rings. The zero-order chi connectivity index (χ0) is 22.6. The Morgan fingerprint density at radius 2 is 1.59 bits per heavy atom. The Labute approximate surface area is 189 Å². The summed E-state index contributed by atoms with van der Waals surface area (Å²) in [6.07, 6.45) is 3.48. The molecule has 0 radical (unpaired) electrons. The summed E-state index contributed by atoms with van der Waals surface area (Å²) >= 11 is 0. The van der Waals surface area contributed by atoms with Crippen molar-refractivity contribution < 1.29 is 13.2 Å². The van der Waals surface area contributed by atoms with Crippen molar-refractivity contribution in [3.8, 4) is 5.75 Å². The molecule has 4 aromatic rings. The van der Waals surface area contributed by atoms with E-state index < -0.39 is 10.0 Å². The molecule has 0 amide bonds. The first kappa shape index (κ1) is 22.1. The van der Waals surface area contributed by atoms with Crippen LogP contribution in [0.3, 0.4) is 0 Å². The third kappa shape index (κ3) is 4.56. The molecule has 0 bridgehead atoms. The summed E-state index contributed by atoms with van der Waals surface area (Å²) in [7, 11) is -2.09. The lowest BCUT2D eigenvalue weighted by Crippen LogP contribution is -2.14. The van der Waals surface area contributed by atoms with Crippen molar-refractivity contribution in [2.45, 2.75) is 37.8 Å². The van der Waals surface area contributed by atoms with Crippen LogP contribution in [0.2, 0.25) is 0 Å². The highest BCUT2D eigenvalue weighted by molar-refractivity contribution is 7.90. The fourth-order valence-electron chi connectivity index (χ4n) is 3.88. The third-order valence-corrected chi connectivity index (χ3v) is 7.25. The Bertz CT molecular complexity index is 1290. The van der Waals surface area contributed by atoms with Gasteiger partial charge in [0.2, 0.25) is 0 Å². The van der Waals surface area contributed by atoms with E-state index in [4.69, 9.17) is 4.74 Å². The number of nitrogens with zero attached hydrogens (tertiary/aromatic N) is 1. The highest BCUT2D eigenvalue weighted by atomic mass is 32.2. The first-order chi connectivity index (χ1) is 15.5. The lowest BCUT2D eigenvalue weighted by Gasteiger charge is -2.10. The van der Waals surface area contributed by atoms with Crippen molar-refractivity contribution in [2.24, 2.45) is 0 Å². The molecule has 0 aliphatic carbocycles. The largest absolute Gasteiger partial charge is 0.497 e. The van der Waals surface area contributed by atoms with Gasteiger partial charge in [0.15, 0.2) is 0 Å². The van der Waals surface area contributed by atoms with Gasteiger partial charge >= 0.3 is 0 Å². The van der Waals surface area contributed by atoms with Crippen LogP contribution in [0.15, 0.2) is 83.9 Å². The molecule has 0 atom stereocenters. The minimum absolute atomic E-state index is 0.278. The van der Waals surface area contributed by atoms with Gasteiger partial charge in [-0.05, 0) is 53.4 Å². The second-order valence-corrected chi connectivity index (χ2v) is 9.64. The van der Waals surface area contributed by atoms with Crippen LogP contribution in [0, 0.1) is 0 Å². The summed E-state index contributed by atoms with van der Waals surface area (Å²) in [6.45, 7) is 3.52. The SMILES string of the molecule is CCCc1cn(S(=O)(=O)c2ccc(CNCc3ccccc3)cc2)c2ccc(OC)cc12. The smallest absolute Gasteiger partial charge is 0.268 e. The molecule has 4 rings (SSSR count). The van der Waals surface area contributed by atoms with Gasteiger partial charge in [0.25, 0.3) is 10.0 Å². The van der Waals surface area contributed by atoms with Gasteiger partial charge in [0.05, 0.1) is 17.5 Å². The molecule has 0 aliphatic heterocycles. The number of fused-ring (bicyclic) bond motifs is 1. The molecule has 5 nitrogen and oxygen atoms in total. The molecule has 3 aromatic carbocycles. The number of benzene rings is 3. The summed E-state index contributed by atoms with van der Waals surface area (Å²) in [6, 6.07) is 22.8. The van der Waals surface area contributed by atoms with E-state index in [0.717, 1.165) is 41.6 Å². The number of rotatable bonds is 9. The first-order valence-electron chi connectivity index (χ1n) is 10.8. The maximum atomic E-state index is 13.4. The van der Waals surface area contributed by atoms with Crippen LogP contribution in [0.25, 0.3) is 10.9 Å². The normalized spacial score (nSPS) is 11.7. The monoisotopic (exact) mass is 448 g/mol. The summed E-state index contributed by atoms with van der Waals surface area (Å²) in [5.74, 6) is 0.720. The van der Waals surface area contributed by atoms with Crippen molar-refractivity contribution in [3.05, 3.63) is 95.7 Å². The molecule has 166 valence electrons. The molecule has 6 heteroatoms. The van der Waals surface area contributed by atoms with Crippen molar-refractivity contribution in [2.75, 3.05) is 7.11 Å². The average molecular weight is 449 g/mol. The minimum atomic E-state index is -3.71. The first-order valence-corrected chi connectivity index (χ1v) is 12.2. The van der Waals surface area contributed by atoms with E-state index in [0.29, 0.717) is 12.1 Å². The topological polar surface area (TPSA) is 60.3 Å². The van der Waals surface area contributed by atoms with Gasteiger partial charge in [-0.2, -0.15) is 0 Å². The molecule has 0 spiro atoms. The van der Waals surface area contributed by atoms with E-state index in [-0.39, 0.29) is 4.90 Å². The Balaban J connectivity index is 1.57. The molecule has 0 unspecified atom stereocenters. The highest BCUT2D eigenvalue weighted by Gasteiger charge is 2.21. The summed E-state index contributed by atoms with van der Waals surface area (Å²) in [5.41, 5.74) is 3.92. The van der Waals surface area contributed by atoms with Gasteiger partial charge < -0.3 is 10.1 Å². The highest BCUT2D eigenvalue weighted by Crippen LogP contribution is 2.30. The van der Waals surface area contributed by atoms with Gasteiger partial charge in [-0.25, -0.2) is 12.4 Å². The fraction of sp³-hybridized carbons (Fsp3) is 0.231. The number of aromatic nitrogens is 1.